The van der Waals surface area contributed by atoms with Crippen molar-refractivity contribution in [1.29, 1.82) is 0 Å². The maximum absolute atomic E-state index is 12.5. The van der Waals surface area contributed by atoms with E-state index in [2.05, 4.69) is 31.8 Å². The highest BCUT2D eigenvalue weighted by Gasteiger charge is 2.13. The van der Waals surface area contributed by atoms with E-state index in [1.807, 2.05) is 18.2 Å². The van der Waals surface area contributed by atoms with Crippen LogP contribution in [0.3, 0.4) is 0 Å². The minimum Gasteiger partial charge on any atom is -0.497 e. The summed E-state index contributed by atoms with van der Waals surface area (Å²) < 4.78 is 6.03. The van der Waals surface area contributed by atoms with Crippen LogP contribution < -0.4 is 15.5 Å². The minimum absolute atomic E-state index is 0.306. The molecule has 0 unspecified atom stereocenters. The summed E-state index contributed by atoms with van der Waals surface area (Å²) in [4.78, 5) is 25.0. The summed E-state index contributed by atoms with van der Waals surface area (Å²) in [5.74, 6) is -0.0465. The molecule has 146 valence electrons. The van der Waals surface area contributed by atoms with Gasteiger partial charge in [-0.25, -0.2) is 5.43 Å². The molecule has 0 fully saturated rings. The van der Waals surface area contributed by atoms with Crippen molar-refractivity contribution in [2.45, 2.75) is 0 Å². The zero-order chi connectivity index (χ0) is 20.6. The van der Waals surface area contributed by atoms with Gasteiger partial charge in [0.25, 0.3) is 11.8 Å². The smallest absolute Gasteiger partial charge is 0.273 e. The zero-order valence-corrected chi connectivity index (χ0v) is 17.1. The van der Waals surface area contributed by atoms with E-state index in [9.17, 15) is 9.59 Å². The fourth-order valence-corrected chi connectivity index (χ4v) is 2.80. The van der Waals surface area contributed by atoms with Crippen LogP contribution in [0.1, 0.15) is 26.3 Å². The number of nitrogens with one attached hydrogen (secondary N) is 2. The molecule has 0 aliphatic heterocycles. The maximum atomic E-state index is 12.5. The summed E-state index contributed by atoms with van der Waals surface area (Å²) in [6.07, 6.45) is 1.52. The number of benzene rings is 3. The van der Waals surface area contributed by atoms with Gasteiger partial charge in [-0.2, -0.15) is 5.10 Å². The fraction of sp³-hybridized carbons (Fsp3) is 0.0455. The van der Waals surface area contributed by atoms with Crippen LogP contribution in [0.15, 0.2) is 82.4 Å². The topological polar surface area (TPSA) is 79.8 Å². The molecular formula is C22H18BrN3O3. The summed E-state index contributed by atoms with van der Waals surface area (Å²) in [5.41, 5.74) is 4.45. The minimum atomic E-state index is -0.434. The summed E-state index contributed by atoms with van der Waals surface area (Å²) in [6, 6.07) is 21.0. The van der Waals surface area contributed by atoms with Crippen molar-refractivity contribution in [2.75, 3.05) is 12.4 Å². The molecule has 0 aliphatic rings. The lowest BCUT2D eigenvalue weighted by Crippen LogP contribution is -2.21. The lowest BCUT2D eigenvalue weighted by molar-refractivity contribution is 0.0956. The third-order valence-corrected chi connectivity index (χ3v) is 4.53. The maximum Gasteiger partial charge on any atom is 0.273 e. The van der Waals surface area contributed by atoms with Gasteiger partial charge >= 0.3 is 0 Å². The number of carbonyl (C=O) groups excluding carboxylic acids is 2. The number of ether oxygens (including phenoxy) is 1. The SMILES string of the molecule is COc1cccc(/C=N\NC(=O)c2ccccc2NC(=O)c2ccc(Br)cc2)c1. The highest BCUT2D eigenvalue weighted by Crippen LogP contribution is 2.17. The molecule has 3 rings (SSSR count). The Morgan fingerprint density at radius 2 is 1.72 bits per heavy atom. The Morgan fingerprint density at radius 1 is 0.966 bits per heavy atom. The summed E-state index contributed by atoms with van der Waals surface area (Å²) in [6.45, 7) is 0. The van der Waals surface area contributed by atoms with E-state index in [-0.39, 0.29) is 5.91 Å². The molecule has 3 aromatic rings. The molecule has 0 bridgehead atoms. The molecule has 0 aromatic heterocycles. The molecule has 0 spiro atoms. The number of anilines is 1. The van der Waals surface area contributed by atoms with Gasteiger partial charge < -0.3 is 10.1 Å². The number of amides is 2. The van der Waals surface area contributed by atoms with Crippen molar-refractivity contribution in [3.8, 4) is 5.75 Å². The Labute approximate surface area is 176 Å². The van der Waals surface area contributed by atoms with Crippen molar-refractivity contribution in [2.24, 2.45) is 5.10 Å². The highest BCUT2D eigenvalue weighted by molar-refractivity contribution is 9.10. The number of hydrogen-bond donors (Lipinski definition) is 2. The van der Waals surface area contributed by atoms with Crippen LogP contribution in [0.25, 0.3) is 0 Å². The van der Waals surface area contributed by atoms with Crippen LogP contribution in [0, 0.1) is 0 Å². The number of para-hydroxylation sites is 1. The van der Waals surface area contributed by atoms with E-state index in [1.165, 1.54) is 6.21 Å². The van der Waals surface area contributed by atoms with Crippen molar-refractivity contribution in [3.05, 3.63) is 94.0 Å². The van der Waals surface area contributed by atoms with E-state index in [1.54, 1.807) is 61.7 Å². The quantitative estimate of drug-likeness (QED) is 0.428. The van der Waals surface area contributed by atoms with Gasteiger partial charge in [0, 0.05) is 10.0 Å². The van der Waals surface area contributed by atoms with Crippen molar-refractivity contribution in [3.63, 3.8) is 0 Å². The second kappa shape index (κ2) is 9.66. The predicted molar refractivity (Wildman–Crippen MR) is 117 cm³/mol. The van der Waals surface area contributed by atoms with Crippen molar-refractivity contribution >= 4 is 39.6 Å². The largest absolute Gasteiger partial charge is 0.497 e. The Balaban J connectivity index is 1.70. The Morgan fingerprint density at radius 3 is 2.48 bits per heavy atom. The van der Waals surface area contributed by atoms with E-state index in [4.69, 9.17) is 4.74 Å². The number of nitrogens with zero attached hydrogens (tertiary/aromatic N) is 1. The van der Waals surface area contributed by atoms with Gasteiger partial charge in [-0.1, -0.05) is 40.2 Å². The van der Waals surface area contributed by atoms with E-state index < -0.39 is 5.91 Å². The van der Waals surface area contributed by atoms with Crippen LogP contribution in [0.5, 0.6) is 5.75 Å². The van der Waals surface area contributed by atoms with Crippen LogP contribution in [-0.4, -0.2) is 25.1 Å². The first-order chi connectivity index (χ1) is 14.1. The molecule has 3 aromatic carbocycles. The molecule has 0 saturated heterocycles. The molecule has 2 N–H and O–H groups in total. The summed E-state index contributed by atoms with van der Waals surface area (Å²) >= 11 is 3.34. The van der Waals surface area contributed by atoms with Crippen LogP contribution in [-0.2, 0) is 0 Å². The van der Waals surface area contributed by atoms with E-state index in [0.717, 1.165) is 10.0 Å². The fourth-order valence-electron chi connectivity index (χ4n) is 2.53. The monoisotopic (exact) mass is 451 g/mol. The van der Waals surface area contributed by atoms with E-state index in [0.29, 0.717) is 22.6 Å². The van der Waals surface area contributed by atoms with E-state index >= 15 is 0 Å². The highest BCUT2D eigenvalue weighted by atomic mass is 79.9. The third-order valence-electron chi connectivity index (χ3n) is 4.00. The second-order valence-electron chi connectivity index (χ2n) is 5.98. The normalized spacial score (nSPS) is 10.6. The number of hydrogen-bond acceptors (Lipinski definition) is 4. The standard InChI is InChI=1S/C22H18BrN3O3/c1-29-18-6-4-5-15(13-18)14-24-26-22(28)19-7-2-3-8-20(19)25-21(27)16-9-11-17(23)12-10-16/h2-14H,1H3,(H,25,27)(H,26,28)/b24-14-. The summed E-state index contributed by atoms with van der Waals surface area (Å²) in [7, 11) is 1.58. The van der Waals surface area contributed by atoms with Crippen molar-refractivity contribution in [1.82, 2.24) is 5.43 Å². The number of hydrazone groups is 1. The molecule has 0 radical (unpaired) electrons. The predicted octanol–water partition coefficient (Wildman–Crippen LogP) is 4.47. The third kappa shape index (κ3) is 5.52. The number of rotatable bonds is 6. The molecule has 0 aliphatic carbocycles. The molecule has 29 heavy (non-hydrogen) atoms. The van der Waals surface area contributed by atoms with Crippen LogP contribution in [0.2, 0.25) is 0 Å². The Hall–Kier alpha value is -3.45. The lowest BCUT2D eigenvalue weighted by atomic mass is 10.1. The molecular weight excluding hydrogens is 434 g/mol. The van der Waals surface area contributed by atoms with Gasteiger partial charge in [0.05, 0.1) is 24.6 Å². The van der Waals surface area contributed by atoms with Crippen molar-refractivity contribution < 1.29 is 14.3 Å². The van der Waals surface area contributed by atoms with Gasteiger partial charge in [-0.3, -0.25) is 9.59 Å². The first-order valence-electron chi connectivity index (χ1n) is 8.70. The van der Waals surface area contributed by atoms with Gasteiger partial charge in [0.1, 0.15) is 5.75 Å². The van der Waals surface area contributed by atoms with Gasteiger partial charge in [0.2, 0.25) is 0 Å². The molecule has 6 nitrogen and oxygen atoms in total. The molecule has 0 atom stereocenters. The Kier molecular flexibility index (Phi) is 6.76. The number of methoxy groups -OCH3 is 1. The summed E-state index contributed by atoms with van der Waals surface area (Å²) in [5, 5.41) is 6.75. The molecule has 7 heteroatoms. The van der Waals surface area contributed by atoms with Gasteiger partial charge in [-0.15, -0.1) is 0 Å². The molecule has 0 heterocycles. The number of carbonyl (C=O) groups is 2. The number of halogens is 1. The first-order valence-corrected chi connectivity index (χ1v) is 9.49. The second-order valence-corrected chi connectivity index (χ2v) is 6.90. The van der Waals surface area contributed by atoms with Gasteiger partial charge in [0.15, 0.2) is 0 Å². The lowest BCUT2D eigenvalue weighted by Gasteiger charge is -2.10. The molecule has 2 amide bonds. The average molecular weight is 452 g/mol. The molecule has 0 saturated carbocycles. The van der Waals surface area contributed by atoms with Crippen LogP contribution in [0.4, 0.5) is 5.69 Å². The zero-order valence-electron chi connectivity index (χ0n) is 15.6. The first kappa shape index (κ1) is 20.3. The van der Waals surface area contributed by atoms with Crippen LogP contribution >= 0.6 is 15.9 Å². The average Bonchev–Trinajstić information content (AvgIpc) is 2.74. The Bertz CT molecular complexity index is 1050. The van der Waals surface area contributed by atoms with Gasteiger partial charge in [-0.05, 0) is 54.1 Å².